The number of aliphatic hydroxyl groups is 1. The standard InChI is InChI=1S/C21H28O3/c1-4-14-17(23)11-16-19-15(6-8-21(14,16)3)20(2)7-5-13(22)9-12(20)10-18(19)24/h4,9,15-16,18-19,24H,5-8,10-11H2,1-3H3/b14-4-/t15-,16-,18-,19+,20-,21+/m0/s1. The second-order valence-electron chi connectivity index (χ2n) is 8.90. The van der Waals surface area contributed by atoms with Crippen molar-refractivity contribution in [2.45, 2.75) is 65.4 Å². The van der Waals surface area contributed by atoms with Crippen LogP contribution in [-0.2, 0) is 9.59 Å². The highest BCUT2D eigenvalue weighted by atomic mass is 16.3. The monoisotopic (exact) mass is 328 g/mol. The highest BCUT2D eigenvalue weighted by Crippen LogP contribution is 2.65. The maximum absolute atomic E-state index is 12.6. The van der Waals surface area contributed by atoms with Gasteiger partial charge in [0.25, 0.3) is 0 Å². The molecule has 4 aliphatic rings. The Bertz CT molecular complexity index is 673. The molecular formula is C21H28O3. The Morgan fingerprint density at radius 3 is 2.58 bits per heavy atom. The number of rotatable bonds is 0. The third kappa shape index (κ3) is 1.94. The van der Waals surface area contributed by atoms with Crippen LogP contribution >= 0.6 is 0 Å². The topological polar surface area (TPSA) is 54.4 Å². The Morgan fingerprint density at radius 2 is 1.88 bits per heavy atom. The number of carbonyl (C=O) groups is 2. The highest BCUT2D eigenvalue weighted by Gasteiger charge is 2.61. The molecule has 3 nitrogen and oxygen atoms in total. The molecule has 6 atom stereocenters. The summed E-state index contributed by atoms with van der Waals surface area (Å²) in [7, 11) is 0. The maximum Gasteiger partial charge on any atom is 0.159 e. The number of ketones is 2. The van der Waals surface area contributed by atoms with Crippen molar-refractivity contribution in [1.82, 2.24) is 0 Å². The minimum Gasteiger partial charge on any atom is -0.392 e. The van der Waals surface area contributed by atoms with Gasteiger partial charge in [-0.05, 0) is 72.8 Å². The van der Waals surface area contributed by atoms with Gasteiger partial charge in [0.05, 0.1) is 6.10 Å². The molecular weight excluding hydrogens is 300 g/mol. The van der Waals surface area contributed by atoms with Crippen LogP contribution < -0.4 is 0 Å². The zero-order valence-corrected chi connectivity index (χ0v) is 15.0. The largest absolute Gasteiger partial charge is 0.392 e. The number of allylic oxidation sites excluding steroid dienone is 2. The molecule has 0 aromatic heterocycles. The third-order valence-corrected chi connectivity index (χ3v) is 7.98. The van der Waals surface area contributed by atoms with Crippen LogP contribution in [0.5, 0.6) is 0 Å². The molecule has 0 unspecified atom stereocenters. The molecule has 0 aliphatic heterocycles. The zero-order valence-electron chi connectivity index (χ0n) is 15.0. The first-order valence-corrected chi connectivity index (χ1v) is 9.43. The molecule has 4 aliphatic carbocycles. The van der Waals surface area contributed by atoms with E-state index >= 15 is 0 Å². The smallest absolute Gasteiger partial charge is 0.159 e. The Balaban J connectivity index is 1.77. The van der Waals surface area contributed by atoms with E-state index in [-0.39, 0.29) is 34.2 Å². The van der Waals surface area contributed by atoms with E-state index in [1.165, 1.54) is 0 Å². The number of hydrogen-bond donors (Lipinski definition) is 1. The predicted octanol–water partition coefficient (Wildman–Crippen LogP) is 3.61. The van der Waals surface area contributed by atoms with Crippen molar-refractivity contribution >= 4 is 11.6 Å². The number of Topliss-reactive ketones (excluding diaryl/α,β-unsaturated/α-hetero) is 1. The maximum atomic E-state index is 12.6. The zero-order chi connectivity index (χ0) is 17.3. The second kappa shape index (κ2) is 5.14. The van der Waals surface area contributed by atoms with Crippen LogP contribution in [0.2, 0.25) is 0 Å². The van der Waals surface area contributed by atoms with Gasteiger partial charge < -0.3 is 5.11 Å². The van der Waals surface area contributed by atoms with E-state index in [1.54, 1.807) is 0 Å². The highest BCUT2D eigenvalue weighted by molar-refractivity contribution is 5.99. The van der Waals surface area contributed by atoms with Crippen molar-refractivity contribution in [2.24, 2.45) is 28.6 Å². The van der Waals surface area contributed by atoms with Crippen LogP contribution in [0.25, 0.3) is 0 Å². The first kappa shape index (κ1) is 16.3. The molecule has 0 radical (unpaired) electrons. The molecule has 3 fully saturated rings. The van der Waals surface area contributed by atoms with Crippen molar-refractivity contribution in [3.63, 3.8) is 0 Å². The number of aliphatic hydroxyl groups excluding tert-OH is 1. The normalized spacial score (nSPS) is 49.5. The van der Waals surface area contributed by atoms with Gasteiger partial charge in [0.15, 0.2) is 11.6 Å². The lowest BCUT2D eigenvalue weighted by Gasteiger charge is -2.58. The number of hydrogen-bond acceptors (Lipinski definition) is 3. The third-order valence-electron chi connectivity index (χ3n) is 7.98. The van der Waals surface area contributed by atoms with Crippen LogP contribution in [0.3, 0.4) is 0 Å². The summed E-state index contributed by atoms with van der Waals surface area (Å²) in [6, 6.07) is 0. The van der Waals surface area contributed by atoms with E-state index in [0.717, 1.165) is 30.4 Å². The molecule has 0 aromatic rings. The summed E-state index contributed by atoms with van der Waals surface area (Å²) in [5.74, 6) is 1.31. The molecule has 1 N–H and O–H groups in total. The number of carbonyl (C=O) groups excluding carboxylic acids is 2. The average molecular weight is 328 g/mol. The first-order valence-electron chi connectivity index (χ1n) is 9.43. The molecule has 3 heteroatoms. The Morgan fingerprint density at radius 1 is 1.12 bits per heavy atom. The molecule has 24 heavy (non-hydrogen) atoms. The molecule has 0 amide bonds. The van der Waals surface area contributed by atoms with E-state index in [0.29, 0.717) is 25.2 Å². The predicted molar refractivity (Wildman–Crippen MR) is 92.2 cm³/mol. The summed E-state index contributed by atoms with van der Waals surface area (Å²) in [6.07, 6.45) is 8.18. The molecule has 0 bridgehead atoms. The van der Waals surface area contributed by atoms with Crippen LogP contribution in [0.1, 0.15) is 59.3 Å². The van der Waals surface area contributed by atoms with Crippen molar-refractivity contribution in [3.8, 4) is 0 Å². The summed E-state index contributed by atoms with van der Waals surface area (Å²) in [6.45, 7) is 6.50. The van der Waals surface area contributed by atoms with Gasteiger partial charge in [0.2, 0.25) is 0 Å². The van der Waals surface area contributed by atoms with E-state index in [2.05, 4.69) is 13.8 Å². The fourth-order valence-corrected chi connectivity index (χ4v) is 6.68. The van der Waals surface area contributed by atoms with Gasteiger partial charge in [-0.1, -0.05) is 25.5 Å². The summed E-state index contributed by atoms with van der Waals surface area (Å²) in [4.78, 5) is 24.4. The van der Waals surface area contributed by atoms with Crippen LogP contribution in [0, 0.1) is 28.6 Å². The van der Waals surface area contributed by atoms with E-state index < -0.39 is 6.10 Å². The SMILES string of the molecule is C/C=C1/C(=O)C[C@H]2[C@@H]3[C@@H](O)CC4=CC(=O)CC[C@]4(C)[C@H]3CC[C@]12C. The lowest BCUT2D eigenvalue weighted by molar-refractivity contribution is -0.120. The molecule has 4 rings (SSSR count). The van der Waals surface area contributed by atoms with E-state index in [9.17, 15) is 14.7 Å². The summed E-state index contributed by atoms with van der Waals surface area (Å²) in [5.41, 5.74) is 2.10. The van der Waals surface area contributed by atoms with Crippen molar-refractivity contribution in [2.75, 3.05) is 0 Å². The molecule has 130 valence electrons. The summed E-state index contributed by atoms with van der Waals surface area (Å²) >= 11 is 0. The van der Waals surface area contributed by atoms with Gasteiger partial charge in [0.1, 0.15) is 0 Å². The summed E-state index contributed by atoms with van der Waals surface area (Å²) < 4.78 is 0. The number of fused-ring (bicyclic) bond motifs is 5. The first-order chi connectivity index (χ1) is 11.3. The van der Waals surface area contributed by atoms with Crippen LogP contribution in [0.4, 0.5) is 0 Å². The lowest BCUT2D eigenvalue weighted by Crippen LogP contribution is -2.54. The second-order valence-corrected chi connectivity index (χ2v) is 8.90. The van der Waals surface area contributed by atoms with Gasteiger partial charge in [-0.25, -0.2) is 0 Å². The Hall–Kier alpha value is -1.22. The molecule has 0 heterocycles. The quantitative estimate of drug-likeness (QED) is 0.691. The fourth-order valence-electron chi connectivity index (χ4n) is 6.68. The van der Waals surface area contributed by atoms with E-state index in [4.69, 9.17) is 0 Å². The Kier molecular flexibility index (Phi) is 3.48. The van der Waals surface area contributed by atoms with Gasteiger partial charge >= 0.3 is 0 Å². The van der Waals surface area contributed by atoms with E-state index in [1.807, 2.05) is 19.1 Å². The fraction of sp³-hybridized carbons (Fsp3) is 0.714. The van der Waals surface area contributed by atoms with Crippen molar-refractivity contribution in [1.29, 1.82) is 0 Å². The van der Waals surface area contributed by atoms with Gasteiger partial charge in [-0.2, -0.15) is 0 Å². The minimum absolute atomic E-state index is 0.0286. The van der Waals surface area contributed by atoms with Gasteiger partial charge in [-0.3, -0.25) is 9.59 Å². The lowest BCUT2D eigenvalue weighted by atomic mass is 9.46. The molecule has 0 saturated heterocycles. The molecule has 3 saturated carbocycles. The van der Waals surface area contributed by atoms with Crippen molar-refractivity contribution in [3.05, 3.63) is 23.3 Å². The summed E-state index contributed by atoms with van der Waals surface area (Å²) in [5, 5.41) is 11.0. The molecule has 0 spiro atoms. The minimum atomic E-state index is -0.422. The van der Waals surface area contributed by atoms with Gasteiger partial charge in [-0.15, -0.1) is 0 Å². The van der Waals surface area contributed by atoms with Crippen molar-refractivity contribution < 1.29 is 14.7 Å². The van der Waals surface area contributed by atoms with Crippen LogP contribution in [0.15, 0.2) is 23.3 Å². The van der Waals surface area contributed by atoms with Crippen LogP contribution in [-0.4, -0.2) is 22.8 Å². The Labute approximate surface area is 144 Å². The average Bonchev–Trinajstić information content (AvgIpc) is 2.78. The van der Waals surface area contributed by atoms with Gasteiger partial charge in [0, 0.05) is 12.8 Å². The molecule has 0 aromatic carbocycles.